The highest BCUT2D eigenvalue weighted by Gasteiger charge is 2.32. The molecule has 1 aromatic carbocycles. The van der Waals surface area contributed by atoms with E-state index in [4.69, 9.17) is 4.74 Å². The van der Waals surface area contributed by atoms with Crippen LogP contribution in [0.3, 0.4) is 0 Å². The van der Waals surface area contributed by atoms with Gasteiger partial charge in [-0.3, -0.25) is 0 Å². The molecular formula is C17H25NO4S. The Labute approximate surface area is 139 Å². The molecule has 23 heavy (non-hydrogen) atoms. The Morgan fingerprint density at radius 3 is 2.26 bits per heavy atom. The molecule has 0 aliphatic heterocycles. The largest absolute Gasteiger partial charge is 0.443 e. The Morgan fingerprint density at radius 2 is 1.78 bits per heavy atom. The maximum atomic E-state index is 12.8. The van der Waals surface area contributed by atoms with Crippen LogP contribution < -0.4 is 0 Å². The number of carbonyl (C=O) groups is 1. The number of allylic oxidation sites excluding steroid dienone is 1. The molecule has 0 aromatic heterocycles. The van der Waals surface area contributed by atoms with Crippen LogP contribution in [-0.4, -0.2) is 31.0 Å². The first-order valence-electron chi connectivity index (χ1n) is 7.51. The molecule has 0 aliphatic carbocycles. The van der Waals surface area contributed by atoms with Crippen molar-refractivity contribution in [2.45, 2.75) is 51.5 Å². The van der Waals surface area contributed by atoms with E-state index in [-0.39, 0.29) is 11.4 Å². The van der Waals surface area contributed by atoms with Gasteiger partial charge >= 0.3 is 6.09 Å². The zero-order chi connectivity index (χ0) is 17.7. The second-order valence-electron chi connectivity index (χ2n) is 6.23. The third-order valence-electron chi connectivity index (χ3n) is 2.94. The predicted molar refractivity (Wildman–Crippen MR) is 90.7 cm³/mol. The quantitative estimate of drug-likeness (QED) is 0.764. The van der Waals surface area contributed by atoms with Crippen molar-refractivity contribution in [2.75, 3.05) is 6.54 Å². The SMILES string of the molecule is C/C=C/CCN(C(=O)OC(C)(C)C)S(=O)(=O)c1ccc(C)cc1. The number of carbonyl (C=O) groups excluding carboxylic acids is 1. The van der Waals surface area contributed by atoms with Crippen LogP contribution in [0.25, 0.3) is 0 Å². The minimum absolute atomic E-state index is 0.0372. The maximum absolute atomic E-state index is 12.8. The van der Waals surface area contributed by atoms with Gasteiger partial charge in [0.2, 0.25) is 0 Å². The van der Waals surface area contributed by atoms with Gasteiger partial charge in [0.05, 0.1) is 4.90 Å². The lowest BCUT2D eigenvalue weighted by molar-refractivity contribution is 0.0393. The van der Waals surface area contributed by atoms with E-state index in [0.717, 1.165) is 9.87 Å². The van der Waals surface area contributed by atoms with E-state index in [1.165, 1.54) is 12.1 Å². The third kappa shape index (κ3) is 5.71. The van der Waals surface area contributed by atoms with Gasteiger partial charge in [0.25, 0.3) is 10.0 Å². The van der Waals surface area contributed by atoms with E-state index >= 15 is 0 Å². The van der Waals surface area contributed by atoms with Gasteiger partial charge in [0, 0.05) is 6.54 Å². The summed E-state index contributed by atoms with van der Waals surface area (Å²) < 4.78 is 31.6. The highest BCUT2D eigenvalue weighted by molar-refractivity contribution is 7.89. The number of rotatable bonds is 5. The monoisotopic (exact) mass is 339 g/mol. The molecule has 0 aliphatic rings. The molecule has 0 bridgehead atoms. The number of hydrogen-bond acceptors (Lipinski definition) is 4. The Hall–Kier alpha value is -1.82. The number of hydrogen-bond donors (Lipinski definition) is 0. The summed E-state index contributed by atoms with van der Waals surface area (Å²) in [5.41, 5.74) is 0.181. The van der Waals surface area contributed by atoms with Crippen LogP contribution in [-0.2, 0) is 14.8 Å². The predicted octanol–water partition coefficient (Wildman–Crippen LogP) is 3.89. The van der Waals surface area contributed by atoms with Crippen LogP contribution in [0.2, 0.25) is 0 Å². The van der Waals surface area contributed by atoms with Gasteiger partial charge in [-0.15, -0.1) is 0 Å². The molecule has 0 heterocycles. The Morgan fingerprint density at radius 1 is 1.22 bits per heavy atom. The molecule has 5 nitrogen and oxygen atoms in total. The third-order valence-corrected chi connectivity index (χ3v) is 4.72. The molecule has 0 N–H and O–H groups in total. The first-order valence-corrected chi connectivity index (χ1v) is 8.95. The van der Waals surface area contributed by atoms with Gasteiger partial charge < -0.3 is 4.74 Å². The van der Waals surface area contributed by atoms with E-state index in [1.54, 1.807) is 32.9 Å². The molecular weight excluding hydrogens is 314 g/mol. The molecule has 0 saturated heterocycles. The summed E-state index contributed by atoms with van der Waals surface area (Å²) in [6, 6.07) is 6.40. The van der Waals surface area contributed by atoms with E-state index in [9.17, 15) is 13.2 Å². The summed E-state index contributed by atoms with van der Waals surface area (Å²) in [6.07, 6.45) is 3.19. The van der Waals surface area contributed by atoms with E-state index in [2.05, 4.69) is 0 Å². The average Bonchev–Trinajstić information content (AvgIpc) is 2.41. The molecule has 0 unspecified atom stereocenters. The molecule has 1 rings (SSSR count). The zero-order valence-electron chi connectivity index (χ0n) is 14.4. The first kappa shape index (κ1) is 19.2. The lowest BCUT2D eigenvalue weighted by atomic mass is 10.2. The molecule has 1 amide bonds. The van der Waals surface area contributed by atoms with Crippen molar-refractivity contribution < 1.29 is 17.9 Å². The number of benzene rings is 1. The molecule has 0 fully saturated rings. The summed E-state index contributed by atoms with van der Waals surface area (Å²) in [6.45, 7) is 8.85. The summed E-state index contributed by atoms with van der Waals surface area (Å²) in [5, 5.41) is 0. The number of nitrogens with zero attached hydrogens (tertiary/aromatic N) is 1. The van der Waals surface area contributed by atoms with Gasteiger partial charge in [-0.1, -0.05) is 29.8 Å². The molecule has 0 saturated carbocycles. The summed E-state index contributed by atoms with van der Waals surface area (Å²) >= 11 is 0. The Bertz CT molecular complexity index is 655. The van der Waals surface area contributed by atoms with E-state index < -0.39 is 21.7 Å². The van der Waals surface area contributed by atoms with E-state index in [0.29, 0.717) is 6.42 Å². The number of sulfonamides is 1. The fourth-order valence-electron chi connectivity index (χ4n) is 1.82. The second-order valence-corrected chi connectivity index (χ2v) is 8.09. The van der Waals surface area contributed by atoms with Crippen molar-refractivity contribution in [3.05, 3.63) is 42.0 Å². The lowest BCUT2D eigenvalue weighted by Gasteiger charge is -2.26. The van der Waals surface area contributed by atoms with Gasteiger partial charge in [0.1, 0.15) is 5.60 Å². The van der Waals surface area contributed by atoms with Gasteiger partial charge in [0.15, 0.2) is 0 Å². The maximum Gasteiger partial charge on any atom is 0.424 e. The minimum Gasteiger partial charge on any atom is -0.443 e. The first-order chi connectivity index (χ1) is 10.6. The second kappa shape index (κ2) is 7.64. The fraction of sp³-hybridized carbons (Fsp3) is 0.471. The molecule has 6 heteroatoms. The van der Waals surface area contributed by atoms with Crippen molar-refractivity contribution in [3.8, 4) is 0 Å². The van der Waals surface area contributed by atoms with Crippen LogP contribution in [0.5, 0.6) is 0 Å². The van der Waals surface area contributed by atoms with Crippen LogP contribution in [0.15, 0.2) is 41.3 Å². The summed E-state index contributed by atoms with van der Waals surface area (Å²) in [5.74, 6) is 0. The number of aryl methyl sites for hydroxylation is 1. The van der Waals surface area contributed by atoms with Crippen LogP contribution >= 0.6 is 0 Å². The van der Waals surface area contributed by atoms with Crippen LogP contribution in [0, 0.1) is 6.92 Å². The van der Waals surface area contributed by atoms with Crippen LogP contribution in [0.4, 0.5) is 4.79 Å². The van der Waals surface area contributed by atoms with Crippen molar-refractivity contribution in [3.63, 3.8) is 0 Å². The Kier molecular flexibility index (Phi) is 6.38. The summed E-state index contributed by atoms with van der Waals surface area (Å²) in [7, 11) is -3.95. The normalized spacial score (nSPS) is 12.4. The highest BCUT2D eigenvalue weighted by Crippen LogP contribution is 2.20. The standard InChI is InChI=1S/C17H25NO4S/c1-6-7-8-13-18(16(19)22-17(3,4)5)23(20,21)15-11-9-14(2)10-12-15/h6-7,9-12H,8,13H2,1-5H3/b7-6+. The molecule has 1 aromatic rings. The molecule has 0 atom stereocenters. The average molecular weight is 339 g/mol. The molecule has 128 valence electrons. The van der Waals surface area contributed by atoms with Gasteiger partial charge in [-0.2, -0.15) is 0 Å². The van der Waals surface area contributed by atoms with Crippen LogP contribution in [0.1, 0.15) is 39.7 Å². The van der Waals surface area contributed by atoms with Gasteiger partial charge in [-0.05, 0) is 53.2 Å². The van der Waals surface area contributed by atoms with Crippen molar-refractivity contribution >= 4 is 16.1 Å². The van der Waals surface area contributed by atoms with Crippen molar-refractivity contribution in [1.82, 2.24) is 4.31 Å². The van der Waals surface area contributed by atoms with E-state index in [1.807, 2.05) is 26.0 Å². The zero-order valence-corrected chi connectivity index (χ0v) is 15.2. The van der Waals surface area contributed by atoms with Crippen molar-refractivity contribution in [2.24, 2.45) is 0 Å². The summed E-state index contributed by atoms with van der Waals surface area (Å²) in [4.78, 5) is 12.4. The Balaban J connectivity index is 3.15. The molecule has 0 radical (unpaired) electrons. The highest BCUT2D eigenvalue weighted by atomic mass is 32.2. The molecule has 0 spiro atoms. The fourth-order valence-corrected chi connectivity index (χ4v) is 3.13. The number of amides is 1. The van der Waals surface area contributed by atoms with Crippen molar-refractivity contribution in [1.29, 1.82) is 0 Å². The van der Waals surface area contributed by atoms with Gasteiger partial charge in [-0.25, -0.2) is 17.5 Å². The lowest BCUT2D eigenvalue weighted by Crippen LogP contribution is -2.41. The number of ether oxygens (including phenoxy) is 1. The topological polar surface area (TPSA) is 63.7 Å². The minimum atomic E-state index is -3.95. The smallest absolute Gasteiger partial charge is 0.424 e.